The maximum absolute atomic E-state index is 10.8. The van der Waals surface area contributed by atoms with E-state index in [9.17, 15) is 5.11 Å². The van der Waals surface area contributed by atoms with Crippen LogP contribution < -0.4 is 0 Å². The van der Waals surface area contributed by atoms with Crippen LogP contribution in [0.15, 0.2) is 78.9 Å². The van der Waals surface area contributed by atoms with Gasteiger partial charge in [-0.3, -0.25) is 0 Å². The Morgan fingerprint density at radius 3 is 2.61 bits per heavy atom. The summed E-state index contributed by atoms with van der Waals surface area (Å²) in [5, 5.41) is 12.5. The third-order valence-corrected chi connectivity index (χ3v) is 5.79. The Morgan fingerprint density at radius 2 is 1.76 bits per heavy atom. The highest BCUT2D eigenvalue weighted by Crippen LogP contribution is 2.23. The third kappa shape index (κ3) is 6.28. The molecule has 1 N–H and O–H groups in total. The van der Waals surface area contributed by atoms with E-state index in [2.05, 4.69) is 11.1 Å². The van der Waals surface area contributed by atoms with Gasteiger partial charge in [0, 0.05) is 10.4 Å². The van der Waals surface area contributed by atoms with Gasteiger partial charge in [0.05, 0.1) is 24.4 Å². The first kappa shape index (κ1) is 23.1. The molecule has 0 aliphatic carbocycles. The molecule has 4 aromatic rings. The Bertz CT molecular complexity index is 1250. The number of halogens is 1. The lowest BCUT2D eigenvalue weighted by Gasteiger charge is -2.14. The van der Waals surface area contributed by atoms with Crippen molar-refractivity contribution in [2.45, 2.75) is 25.6 Å². The van der Waals surface area contributed by atoms with Gasteiger partial charge in [0.15, 0.2) is 0 Å². The van der Waals surface area contributed by atoms with Crippen LogP contribution in [-0.4, -0.2) is 17.2 Å². The SMILES string of the molecule is COOCc1ccccc1CC[C@H](O)c1cccc(/C=C/c2ccc3ccc(Cl)cc3n2)c1. The quantitative estimate of drug-likeness (QED) is 0.221. The minimum atomic E-state index is -0.560. The fourth-order valence-electron chi connectivity index (χ4n) is 3.77. The van der Waals surface area contributed by atoms with Crippen LogP contribution in [0.25, 0.3) is 23.1 Å². The summed E-state index contributed by atoms with van der Waals surface area (Å²) in [6.07, 6.45) is 4.78. The first-order valence-electron chi connectivity index (χ1n) is 10.9. The fraction of sp³-hybridized carbons (Fsp3) is 0.179. The first-order valence-corrected chi connectivity index (χ1v) is 11.2. The van der Waals surface area contributed by atoms with Gasteiger partial charge in [0.1, 0.15) is 6.61 Å². The van der Waals surface area contributed by atoms with E-state index in [0.717, 1.165) is 45.3 Å². The van der Waals surface area contributed by atoms with Crippen LogP contribution in [0.2, 0.25) is 5.02 Å². The fourth-order valence-corrected chi connectivity index (χ4v) is 3.94. The van der Waals surface area contributed by atoms with Crippen molar-refractivity contribution in [2.24, 2.45) is 0 Å². The summed E-state index contributed by atoms with van der Waals surface area (Å²) in [6.45, 7) is 0.387. The second-order valence-electron chi connectivity index (χ2n) is 7.83. The second kappa shape index (κ2) is 11.2. The Labute approximate surface area is 199 Å². The third-order valence-electron chi connectivity index (χ3n) is 5.56. The van der Waals surface area contributed by atoms with E-state index in [1.807, 2.05) is 84.9 Å². The zero-order valence-corrected chi connectivity index (χ0v) is 19.2. The van der Waals surface area contributed by atoms with Crippen LogP contribution in [0.1, 0.15) is 40.5 Å². The average Bonchev–Trinajstić information content (AvgIpc) is 2.85. The summed E-state index contributed by atoms with van der Waals surface area (Å²) in [7, 11) is 1.50. The number of aliphatic hydroxyl groups excluding tert-OH is 1. The van der Waals surface area contributed by atoms with Gasteiger partial charge in [-0.15, -0.1) is 0 Å². The molecule has 3 aromatic carbocycles. The van der Waals surface area contributed by atoms with Crippen molar-refractivity contribution in [1.29, 1.82) is 0 Å². The first-order chi connectivity index (χ1) is 16.1. The topological polar surface area (TPSA) is 51.6 Å². The number of aliphatic hydroxyl groups is 1. The van der Waals surface area contributed by atoms with Gasteiger partial charge in [-0.2, -0.15) is 0 Å². The van der Waals surface area contributed by atoms with Crippen LogP contribution >= 0.6 is 11.6 Å². The lowest BCUT2D eigenvalue weighted by atomic mass is 9.97. The van der Waals surface area contributed by atoms with Crippen LogP contribution in [0.3, 0.4) is 0 Å². The minimum absolute atomic E-state index is 0.387. The lowest BCUT2D eigenvalue weighted by Crippen LogP contribution is -2.03. The highest BCUT2D eigenvalue weighted by molar-refractivity contribution is 6.31. The van der Waals surface area contributed by atoms with Crippen LogP contribution in [0.5, 0.6) is 0 Å². The maximum atomic E-state index is 10.8. The predicted octanol–water partition coefficient (Wildman–Crippen LogP) is 6.80. The summed E-state index contributed by atoms with van der Waals surface area (Å²) < 4.78 is 0. The number of rotatable bonds is 9. The summed E-state index contributed by atoms with van der Waals surface area (Å²) in [5.74, 6) is 0. The van der Waals surface area contributed by atoms with E-state index in [1.54, 1.807) is 0 Å². The van der Waals surface area contributed by atoms with Gasteiger partial charge < -0.3 is 5.11 Å². The predicted molar refractivity (Wildman–Crippen MR) is 134 cm³/mol. The monoisotopic (exact) mass is 459 g/mol. The number of aromatic nitrogens is 1. The minimum Gasteiger partial charge on any atom is -0.388 e. The van der Waals surface area contributed by atoms with Crippen molar-refractivity contribution in [3.63, 3.8) is 0 Å². The van der Waals surface area contributed by atoms with Gasteiger partial charge in [-0.1, -0.05) is 72.3 Å². The Morgan fingerprint density at radius 1 is 0.939 bits per heavy atom. The Balaban J connectivity index is 1.43. The van der Waals surface area contributed by atoms with Crippen molar-refractivity contribution in [1.82, 2.24) is 4.98 Å². The molecule has 0 radical (unpaired) electrons. The van der Waals surface area contributed by atoms with E-state index in [1.165, 1.54) is 7.11 Å². The molecule has 1 heterocycles. The molecule has 0 bridgehead atoms. The molecule has 0 amide bonds. The number of hydrogen-bond acceptors (Lipinski definition) is 4. The highest BCUT2D eigenvalue weighted by atomic mass is 35.5. The summed E-state index contributed by atoms with van der Waals surface area (Å²) in [4.78, 5) is 14.5. The molecule has 0 saturated carbocycles. The van der Waals surface area contributed by atoms with Gasteiger partial charge in [-0.25, -0.2) is 14.8 Å². The van der Waals surface area contributed by atoms with Gasteiger partial charge in [0.2, 0.25) is 0 Å². The van der Waals surface area contributed by atoms with Gasteiger partial charge >= 0.3 is 0 Å². The van der Waals surface area contributed by atoms with Crippen molar-refractivity contribution >= 4 is 34.7 Å². The molecule has 0 spiro atoms. The van der Waals surface area contributed by atoms with Crippen molar-refractivity contribution in [3.05, 3.63) is 112 Å². The van der Waals surface area contributed by atoms with E-state index in [4.69, 9.17) is 21.4 Å². The normalized spacial score (nSPS) is 12.5. The highest BCUT2D eigenvalue weighted by Gasteiger charge is 2.10. The molecule has 0 unspecified atom stereocenters. The molecular formula is C28H26ClNO3. The number of aryl methyl sites for hydroxylation is 1. The molecule has 4 rings (SSSR count). The number of fused-ring (bicyclic) bond motifs is 1. The molecular weight excluding hydrogens is 434 g/mol. The Kier molecular flexibility index (Phi) is 7.87. The molecule has 33 heavy (non-hydrogen) atoms. The zero-order chi connectivity index (χ0) is 23.0. The summed E-state index contributed by atoms with van der Waals surface area (Å²) in [6, 6.07) is 25.7. The number of pyridine rings is 1. The van der Waals surface area contributed by atoms with E-state index < -0.39 is 6.10 Å². The zero-order valence-electron chi connectivity index (χ0n) is 18.4. The molecule has 168 valence electrons. The molecule has 0 saturated heterocycles. The maximum Gasteiger partial charge on any atom is 0.108 e. The van der Waals surface area contributed by atoms with Crippen LogP contribution in [0.4, 0.5) is 0 Å². The molecule has 5 heteroatoms. The molecule has 0 aliphatic rings. The number of benzene rings is 3. The second-order valence-corrected chi connectivity index (χ2v) is 8.27. The summed E-state index contributed by atoms with van der Waals surface area (Å²) >= 11 is 6.09. The largest absolute Gasteiger partial charge is 0.388 e. The number of nitrogens with zero attached hydrogens (tertiary/aromatic N) is 1. The van der Waals surface area contributed by atoms with Crippen LogP contribution in [-0.2, 0) is 22.8 Å². The number of hydrogen-bond donors (Lipinski definition) is 1. The molecule has 4 nitrogen and oxygen atoms in total. The summed E-state index contributed by atoms with van der Waals surface area (Å²) in [5.41, 5.74) is 5.82. The van der Waals surface area contributed by atoms with Crippen molar-refractivity contribution in [3.8, 4) is 0 Å². The van der Waals surface area contributed by atoms with Crippen molar-refractivity contribution in [2.75, 3.05) is 7.11 Å². The Hall–Kier alpha value is -3.02. The van der Waals surface area contributed by atoms with E-state index in [0.29, 0.717) is 18.1 Å². The molecule has 1 atom stereocenters. The average molecular weight is 460 g/mol. The van der Waals surface area contributed by atoms with Crippen molar-refractivity contribution < 1.29 is 14.9 Å². The molecule has 0 aliphatic heterocycles. The lowest BCUT2D eigenvalue weighted by molar-refractivity contribution is -0.282. The molecule has 1 aromatic heterocycles. The van der Waals surface area contributed by atoms with E-state index >= 15 is 0 Å². The van der Waals surface area contributed by atoms with E-state index in [-0.39, 0.29) is 0 Å². The molecule has 0 fully saturated rings. The smallest absolute Gasteiger partial charge is 0.108 e. The van der Waals surface area contributed by atoms with Gasteiger partial charge in [-0.05, 0) is 65.4 Å². The standard InChI is InChI=1S/C28H26ClNO3/c1-32-33-19-24-7-3-2-6-21(24)12-16-28(31)23-8-4-5-20(17-23)9-14-26-15-11-22-10-13-25(29)18-27(22)30-26/h2-11,13-15,17-18,28,31H,12,16,19H2,1H3/b14-9+/t28-/m0/s1. The van der Waals surface area contributed by atoms with Crippen LogP contribution in [0, 0.1) is 0 Å². The van der Waals surface area contributed by atoms with Gasteiger partial charge in [0.25, 0.3) is 0 Å².